The van der Waals surface area contributed by atoms with Gasteiger partial charge in [0.15, 0.2) is 0 Å². The van der Waals surface area contributed by atoms with Crippen molar-refractivity contribution in [1.29, 1.82) is 0 Å². The van der Waals surface area contributed by atoms with Crippen LogP contribution in [0.1, 0.15) is 41.0 Å². The molecule has 0 saturated heterocycles. The Labute approximate surface area is 142 Å². The first kappa shape index (κ1) is 13.1. The zero-order valence-electron chi connectivity index (χ0n) is 14.0. The van der Waals surface area contributed by atoms with E-state index in [4.69, 9.17) is 0 Å². The van der Waals surface area contributed by atoms with Crippen molar-refractivity contribution in [3.05, 3.63) is 64.8 Å². The van der Waals surface area contributed by atoms with Gasteiger partial charge in [0.2, 0.25) is 0 Å². The molecule has 0 radical (unpaired) electrons. The third-order valence-corrected chi connectivity index (χ3v) is 6.35. The molecule has 1 atom stereocenters. The molecule has 0 fully saturated rings. The second-order valence-corrected chi connectivity index (χ2v) is 7.65. The zero-order valence-corrected chi connectivity index (χ0v) is 14.0. The van der Waals surface area contributed by atoms with Crippen LogP contribution < -0.4 is 4.90 Å². The Balaban J connectivity index is 1.59. The van der Waals surface area contributed by atoms with E-state index in [0.29, 0.717) is 5.92 Å². The number of hydrogen-bond donors (Lipinski definition) is 0. The van der Waals surface area contributed by atoms with Crippen molar-refractivity contribution in [2.24, 2.45) is 0 Å². The molecule has 1 unspecified atom stereocenters. The summed E-state index contributed by atoms with van der Waals surface area (Å²) in [6, 6.07) is 13.9. The van der Waals surface area contributed by atoms with Gasteiger partial charge in [0.05, 0.1) is 5.52 Å². The molecular weight excluding hydrogens is 292 g/mol. The van der Waals surface area contributed by atoms with E-state index in [9.17, 15) is 0 Å². The number of anilines is 1. The van der Waals surface area contributed by atoms with Crippen molar-refractivity contribution in [3.8, 4) is 0 Å². The summed E-state index contributed by atoms with van der Waals surface area (Å²) in [7, 11) is 0. The summed E-state index contributed by atoms with van der Waals surface area (Å²) in [4.78, 5) is 2.64. The predicted octanol–water partition coefficient (Wildman–Crippen LogP) is 4.49. The van der Waals surface area contributed by atoms with Crippen molar-refractivity contribution >= 4 is 16.6 Å². The first-order valence-corrected chi connectivity index (χ1v) is 9.37. The average Bonchev–Trinajstić information content (AvgIpc) is 3.18. The van der Waals surface area contributed by atoms with E-state index in [1.54, 1.807) is 22.4 Å². The minimum atomic E-state index is 0.537. The van der Waals surface area contributed by atoms with Gasteiger partial charge in [0, 0.05) is 42.8 Å². The molecule has 0 aliphatic carbocycles. The topological polar surface area (TPSA) is 8.17 Å². The van der Waals surface area contributed by atoms with Crippen molar-refractivity contribution in [2.45, 2.75) is 38.1 Å². The molecule has 120 valence electrons. The Kier molecular flexibility index (Phi) is 2.54. The molecule has 0 amide bonds. The lowest BCUT2D eigenvalue weighted by molar-refractivity contribution is 0.632. The maximum absolute atomic E-state index is 2.64. The number of hydrogen-bond acceptors (Lipinski definition) is 1. The molecule has 0 bridgehead atoms. The fourth-order valence-electron chi connectivity index (χ4n) is 5.38. The first-order chi connectivity index (χ1) is 11.9. The smallest absolute Gasteiger partial charge is 0.0515 e. The summed E-state index contributed by atoms with van der Waals surface area (Å²) in [5.74, 6) is 0.537. The molecule has 2 heteroatoms. The zero-order chi connectivity index (χ0) is 15.7. The van der Waals surface area contributed by atoms with Gasteiger partial charge >= 0.3 is 0 Å². The van der Waals surface area contributed by atoms with Gasteiger partial charge in [0.1, 0.15) is 0 Å². The van der Waals surface area contributed by atoms with Crippen LogP contribution in [0.4, 0.5) is 5.69 Å². The van der Waals surface area contributed by atoms with Crippen LogP contribution in [0.5, 0.6) is 0 Å². The Morgan fingerprint density at radius 1 is 0.833 bits per heavy atom. The van der Waals surface area contributed by atoms with Crippen molar-refractivity contribution < 1.29 is 0 Å². The molecule has 0 spiro atoms. The lowest BCUT2D eigenvalue weighted by Crippen LogP contribution is -2.27. The quantitative estimate of drug-likeness (QED) is 0.642. The van der Waals surface area contributed by atoms with Gasteiger partial charge in [-0.1, -0.05) is 36.4 Å². The molecular formula is C22H22N2. The van der Waals surface area contributed by atoms with E-state index in [0.717, 1.165) is 6.54 Å². The standard InChI is InChI=1S/C22H22N2/c1-5-15-7-3-11-23-13-19(17(9-1)21(15)23)20-14-24-12-4-8-16-6-2-10-18(20)22(16)24/h1-2,5-6,9-10,13,20H,3-4,7-8,11-12,14H2. The molecule has 0 saturated carbocycles. The van der Waals surface area contributed by atoms with Gasteiger partial charge in [-0.25, -0.2) is 0 Å². The van der Waals surface area contributed by atoms with Crippen LogP contribution in [0.15, 0.2) is 42.6 Å². The molecule has 4 heterocycles. The van der Waals surface area contributed by atoms with Gasteiger partial charge in [-0.05, 0) is 47.9 Å². The average molecular weight is 314 g/mol. The molecule has 24 heavy (non-hydrogen) atoms. The highest BCUT2D eigenvalue weighted by Crippen LogP contribution is 2.46. The highest BCUT2D eigenvalue weighted by Gasteiger charge is 2.35. The predicted molar refractivity (Wildman–Crippen MR) is 99.1 cm³/mol. The Hall–Kier alpha value is -2.22. The monoisotopic (exact) mass is 314 g/mol. The maximum Gasteiger partial charge on any atom is 0.0515 e. The highest BCUT2D eigenvalue weighted by atomic mass is 15.2. The fourth-order valence-corrected chi connectivity index (χ4v) is 5.38. The summed E-state index contributed by atoms with van der Waals surface area (Å²) in [5, 5.41) is 1.50. The van der Waals surface area contributed by atoms with Crippen molar-refractivity contribution in [1.82, 2.24) is 4.57 Å². The van der Waals surface area contributed by atoms with Crippen LogP contribution in [0, 0.1) is 0 Å². The van der Waals surface area contributed by atoms with Gasteiger partial charge in [-0.15, -0.1) is 0 Å². The van der Waals surface area contributed by atoms with Crippen LogP contribution in [-0.2, 0) is 19.4 Å². The minimum Gasteiger partial charge on any atom is -0.370 e. The minimum absolute atomic E-state index is 0.537. The molecule has 2 nitrogen and oxygen atoms in total. The second kappa shape index (κ2) is 4.66. The molecule has 2 aromatic carbocycles. The molecule has 0 N–H and O–H groups in total. The lowest BCUT2D eigenvalue weighted by Gasteiger charge is -2.26. The van der Waals surface area contributed by atoms with Gasteiger partial charge in [0.25, 0.3) is 0 Å². The lowest BCUT2D eigenvalue weighted by atomic mass is 9.90. The summed E-state index contributed by atoms with van der Waals surface area (Å²) < 4.78 is 2.52. The summed E-state index contributed by atoms with van der Waals surface area (Å²) in [6.07, 6.45) is 7.53. The first-order valence-electron chi connectivity index (χ1n) is 9.37. The van der Waals surface area contributed by atoms with E-state index in [-0.39, 0.29) is 0 Å². The van der Waals surface area contributed by atoms with Gasteiger partial charge in [-0.2, -0.15) is 0 Å². The number of aryl methyl sites for hydroxylation is 3. The normalized spacial score (nSPS) is 21.3. The second-order valence-electron chi connectivity index (χ2n) is 7.65. The van der Waals surface area contributed by atoms with E-state index in [2.05, 4.69) is 52.1 Å². The SMILES string of the molecule is c1cc2c3c(c1)C(c1cn4c5c(cccc15)CCC4)CN3CCC2. The van der Waals surface area contributed by atoms with Crippen LogP contribution in [0.25, 0.3) is 10.9 Å². The van der Waals surface area contributed by atoms with Crippen molar-refractivity contribution in [2.75, 3.05) is 18.0 Å². The van der Waals surface area contributed by atoms with E-state index in [1.165, 1.54) is 55.2 Å². The molecule has 3 aliphatic rings. The summed E-state index contributed by atoms with van der Waals surface area (Å²) >= 11 is 0. The third kappa shape index (κ3) is 1.61. The largest absolute Gasteiger partial charge is 0.370 e. The third-order valence-electron chi connectivity index (χ3n) is 6.35. The van der Waals surface area contributed by atoms with Crippen LogP contribution in [0.3, 0.4) is 0 Å². The van der Waals surface area contributed by atoms with Gasteiger partial charge < -0.3 is 9.47 Å². The number of benzene rings is 2. The van der Waals surface area contributed by atoms with E-state index >= 15 is 0 Å². The number of rotatable bonds is 1. The van der Waals surface area contributed by atoms with Gasteiger partial charge in [-0.3, -0.25) is 0 Å². The highest BCUT2D eigenvalue weighted by molar-refractivity contribution is 5.89. The summed E-state index contributed by atoms with van der Waals surface area (Å²) in [5.41, 5.74) is 9.28. The van der Waals surface area contributed by atoms with Crippen molar-refractivity contribution in [3.63, 3.8) is 0 Å². The van der Waals surface area contributed by atoms with Crippen LogP contribution in [-0.4, -0.2) is 17.7 Å². The molecule has 1 aromatic heterocycles. The summed E-state index contributed by atoms with van der Waals surface area (Å²) in [6.45, 7) is 3.57. The number of para-hydroxylation sites is 2. The van der Waals surface area contributed by atoms with Crippen LogP contribution >= 0.6 is 0 Å². The molecule has 3 aliphatic heterocycles. The molecule has 3 aromatic rings. The fraction of sp³-hybridized carbons (Fsp3) is 0.364. The molecule has 6 rings (SSSR count). The number of aromatic nitrogens is 1. The Morgan fingerprint density at radius 3 is 2.67 bits per heavy atom. The van der Waals surface area contributed by atoms with E-state index < -0.39 is 0 Å². The Morgan fingerprint density at radius 2 is 1.67 bits per heavy atom. The number of nitrogens with zero attached hydrogens (tertiary/aromatic N) is 2. The van der Waals surface area contributed by atoms with E-state index in [1.807, 2.05) is 0 Å². The Bertz CT molecular complexity index is 966. The maximum atomic E-state index is 2.64. The van der Waals surface area contributed by atoms with Crippen LogP contribution in [0.2, 0.25) is 0 Å².